The van der Waals surface area contributed by atoms with Crippen LogP contribution in [0.5, 0.6) is 0 Å². The minimum Gasteiger partial charge on any atom is -0.344 e. The minimum absolute atomic E-state index is 0. The van der Waals surface area contributed by atoms with Crippen LogP contribution in [0.1, 0.15) is 0 Å². The Bertz CT molecular complexity index is 283. The van der Waals surface area contributed by atoms with Gasteiger partial charge in [0.15, 0.2) is 0 Å². The van der Waals surface area contributed by atoms with E-state index in [4.69, 9.17) is 0 Å². The van der Waals surface area contributed by atoms with Crippen molar-refractivity contribution in [3.63, 3.8) is 0 Å². The van der Waals surface area contributed by atoms with Crippen LogP contribution >= 0.6 is 11.3 Å². The van der Waals surface area contributed by atoms with Gasteiger partial charge in [-0.25, -0.2) is 0 Å². The predicted octanol–water partition coefficient (Wildman–Crippen LogP) is 2.86. The predicted molar refractivity (Wildman–Crippen MR) is 45.7 cm³/mol. The highest BCUT2D eigenvalue weighted by atomic mass is 32.1. The third-order valence-corrected chi connectivity index (χ3v) is 2.13. The lowest BCUT2D eigenvalue weighted by atomic mass is 10.3. The van der Waals surface area contributed by atoms with Crippen LogP contribution in [-0.4, -0.2) is 0 Å². The fraction of sp³-hybridized carbons (Fsp3) is 0. The molecule has 51 valence electrons. The molecule has 1 radical (unpaired) electrons. The summed E-state index contributed by atoms with van der Waals surface area (Å²) in [6.07, 6.45) is 0. The molecule has 1 aromatic carbocycles. The van der Waals surface area contributed by atoms with Crippen molar-refractivity contribution in [1.82, 2.24) is 6.15 Å². The first-order valence-corrected chi connectivity index (χ1v) is 3.69. The molecule has 3 N–H and O–H groups in total. The van der Waals surface area contributed by atoms with Gasteiger partial charge in [0.2, 0.25) is 0 Å². The molecule has 0 fully saturated rings. The van der Waals surface area contributed by atoms with Crippen molar-refractivity contribution in [3.8, 4) is 0 Å². The Morgan fingerprint density at radius 1 is 1.20 bits per heavy atom. The summed E-state index contributed by atoms with van der Waals surface area (Å²) in [6.45, 7) is 0. The fourth-order valence-corrected chi connectivity index (χ4v) is 1.57. The Balaban J connectivity index is 0.000000500. The lowest BCUT2D eigenvalue weighted by Crippen LogP contribution is -1.56. The highest BCUT2D eigenvalue weighted by Crippen LogP contribution is 2.18. The number of hydrogen-bond acceptors (Lipinski definition) is 2. The van der Waals surface area contributed by atoms with E-state index in [-0.39, 0.29) is 6.15 Å². The quantitative estimate of drug-likeness (QED) is 0.615. The standard InChI is InChI=1S/C8H5S.H3N/c1-2-4-8-7(3-1)5-6-9-8;/h1-4,6H;1H3. The topological polar surface area (TPSA) is 35.0 Å². The second-order valence-corrected chi connectivity index (χ2v) is 2.79. The number of benzene rings is 1. The molecule has 0 saturated heterocycles. The van der Waals surface area contributed by atoms with Gasteiger partial charge in [-0.05, 0) is 11.4 Å². The van der Waals surface area contributed by atoms with Crippen molar-refractivity contribution in [2.75, 3.05) is 0 Å². The van der Waals surface area contributed by atoms with Gasteiger partial charge in [0.25, 0.3) is 0 Å². The molecule has 2 aromatic rings. The molecule has 1 heterocycles. The van der Waals surface area contributed by atoms with E-state index in [0.717, 1.165) is 0 Å². The summed E-state index contributed by atoms with van der Waals surface area (Å²) in [5.41, 5.74) is 0. The van der Waals surface area contributed by atoms with Gasteiger partial charge in [-0.1, -0.05) is 18.2 Å². The zero-order chi connectivity index (χ0) is 6.10. The molecular formula is C8H8NS. The van der Waals surface area contributed by atoms with Gasteiger partial charge in [-0.15, -0.1) is 11.3 Å². The Morgan fingerprint density at radius 3 is 2.80 bits per heavy atom. The first kappa shape index (κ1) is 7.25. The highest BCUT2D eigenvalue weighted by Gasteiger charge is 1.88. The molecule has 1 nitrogen and oxygen atoms in total. The largest absolute Gasteiger partial charge is 0.344 e. The molecule has 10 heavy (non-hydrogen) atoms. The normalized spacial score (nSPS) is 9.20. The molecule has 0 atom stereocenters. The third-order valence-electron chi connectivity index (χ3n) is 1.29. The molecule has 1 aromatic heterocycles. The maximum atomic E-state index is 3.14. The van der Waals surface area contributed by atoms with Gasteiger partial charge < -0.3 is 6.15 Å². The smallest absolute Gasteiger partial charge is 0.0349 e. The maximum absolute atomic E-state index is 3.14. The summed E-state index contributed by atoms with van der Waals surface area (Å²) >= 11 is 1.73. The number of hydrogen-bond donors (Lipinski definition) is 1. The first-order chi connectivity index (χ1) is 4.47. The number of thiophene rings is 1. The molecule has 0 aliphatic carbocycles. The van der Waals surface area contributed by atoms with Crippen LogP contribution in [0.25, 0.3) is 10.1 Å². The van der Waals surface area contributed by atoms with Crippen LogP contribution in [0.4, 0.5) is 0 Å². The van der Waals surface area contributed by atoms with Gasteiger partial charge in [0, 0.05) is 16.2 Å². The van der Waals surface area contributed by atoms with Crippen molar-refractivity contribution in [2.45, 2.75) is 0 Å². The molecule has 0 aliphatic heterocycles. The summed E-state index contributed by atoms with van der Waals surface area (Å²) in [6, 6.07) is 11.4. The van der Waals surface area contributed by atoms with Crippen LogP contribution in [-0.2, 0) is 0 Å². The van der Waals surface area contributed by atoms with E-state index in [0.29, 0.717) is 0 Å². The van der Waals surface area contributed by atoms with Crippen molar-refractivity contribution in [1.29, 1.82) is 0 Å². The Hall–Kier alpha value is -0.860. The zero-order valence-corrected chi connectivity index (χ0v) is 6.32. The van der Waals surface area contributed by atoms with Crippen LogP contribution in [0.15, 0.2) is 29.6 Å². The number of rotatable bonds is 0. The monoisotopic (exact) mass is 150 g/mol. The SMILES string of the molecule is N.[c]1csc2ccccc12. The number of fused-ring (bicyclic) bond motifs is 1. The average Bonchev–Trinajstić information content (AvgIpc) is 2.33. The van der Waals surface area contributed by atoms with Crippen LogP contribution < -0.4 is 6.15 Å². The molecule has 0 spiro atoms. The van der Waals surface area contributed by atoms with Gasteiger partial charge >= 0.3 is 0 Å². The zero-order valence-electron chi connectivity index (χ0n) is 5.50. The Kier molecular flexibility index (Phi) is 2.04. The molecule has 0 bridgehead atoms. The van der Waals surface area contributed by atoms with Crippen molar-refractivity contribution >= 4 is 21.4 Å². The molecule has 2 rings (SSSR count). The van der Waals surface area contributed by atoms with Gasteiger partial charge in [-0.3, -0.25) is 0 Å². The molecular weight excluding hydrogens is 142 g/mol. The molecule has 0 saturated carbocycles. The Labute approximate surface area is 63.9 Å². The lowest BCUT2D eigenvalue weighted by Gasteiger charge is -1.81. The van der Waals surface area contributed by atoms with E-state index in [9.17, 15) is 0 Å². The summed E-state index contributed by atoms with van der Waals surface area (Å²) in [4.78, 5) is 0. The second-order valence-electron chi connectivity index (χ2n) is 1.88. The highest BCUT2D eigenvalue weighted by molar-refractivity contribution is 7.17. The molecule has 0 unspecified atom stereocenters. The summed E-state index contributed by atoms with van der Waals surface area (Å²) in [5.74, 6) is 0. The van der Waals surface area contributed by atoms with E-state index in [1.165, 1.54) is 10.1 Å². The van der Waals surface area contributed by atoms with Crippen LogP contribution in [0.2, 0.25) is 0 Å². The van der Waals surface area contributed by atoms with E-state index >= 15 is 0 Å². The van der Waals surface area contributed by atoms with E-state index < -0.39 is 0 Å². The van der Waals surface area contributed by atoms with Gasteiger partial charge in [-0.2, -0.15) is 0 Å². The Morgan fingerprint density at radius 2 is 2.00 bits per heavy atom. The summed E-state index contributed by atoms with van der Waals surface area (Å²) in [5, 5.41) is 3.22. The summed E-state index contributed by atoms with van der Waals surface area (Å²) in [7, 11) is 0. The maximum Gasteiger partial charge on any atom is 0.0349 e. The van der Waals surface area contributed by atoms with Crippen molar-refractivity contribution in [2.24, 2.45) is 0 Å². The summed E-state index contributed by atoms with van der Waals surface area (Å²) < 4.78 is 1.32. The van der Waals surface area contributed by atoms with Crippen molar-refractivity contribution < 1.29 is 0 Å². The van der Waals surface area contributed by atoms with Crippen LogP contribution in [0, 0.1) is 6.07 Å². The van der Waals surface area contributed by atoms with Crippen molar-refractivity contribution in [3.05, 3.63) is 35.7 Å². The minimum atomic E-state index is 0. The molecule has 2 heteroatoms. The molecule has 0 amide bonds. The molecule has 0 aliphatic rings. The third kappa shape index (κ3) is 1.03. The second kappa shape index (κ2) is 2.82. The van der Waals surface area contributed by atoms with E-state index in [1.54, 1.807) is 11.3 Å². The first-order valence-electron chi connectivity index (χ1n) is 2.81. The average molecular weight is 150 g/mol. The van der Waals surface area contributed by atoms with E-state index in [1.807, 2.05) is 17.5 Å². The lowest BCUT2D eigenvalue weighted by molar-refractivity contribution is 1.85. The van der Waals surface area contributed by atoms with Gasteiger partial charge in [0.05, 0.1) is 0 Å². The van der Waals surface area contributed by atoms with Crippen LogP contribution in [0.3, 0.4) is 0 Å². The fourth-order valence-electron chi connectivity index (χ4n) is 0.845. The van der Waals surface area contributed by atoms with Gasteiger partial charge in [0.1, 0.15) is 0 Å². The van der Waals surface area contributed by atoms with E-state index in [2.05, 4.69) is 18.2 Å².